The largest absolute Gasteiger partial charge is 0.465 e. The van der Waals surface area contributed by atoms with Gasteiger partial charge < -0.3 is 10.1 Å². The molecule has 2 aromatic rings. The number of carbonyl (C=O) groups excluding carboxylic acids is 2. The summed E-state index contributed by atoms with van der Waals surface area (Å²) in [7, 11) is 1.29. The fourth-order valence-electron chi connectivity index (χ4n) is 1.95. The van der Waals surface area contributed by atoms with E-state index in [1.165, 1.54) is 13.2 Å². The molecule has 0 radical (unpaired) electrons. The van der Waals surface area contributed by atoms with Crippen molar-refractivity contribution in [2.75, 3.05) is 18.2 Å². The molecule has 1 N–H and O–H groups in total. The fraction of sp³-hybridized carbons (Fsp3) is 0.176. The first kappa shape index (κ1) is 17.9. The first-order chi connectivity index (χ1) is 11.4. The number of nitrogens with one attached hydrogen (secondary N) is 1. The number of carbonyl (C=O) groups is 2. The van der Waals surface area contributed by atoms with E-state index in [-0.39, 0.29) is 11.7 Å². The van der Waals surface area contributed by atoms with E-state index in [1.54, 1.807) is 25.1 Å². The van der Waals surface area contributed by atoms with Crippen molar-refractivity contribution < 1.29 is 23.1 Å². The Morgan fingerprint density at radius 1 is 1.12 bits per heavy atom. The number of esters is 1. The van der Waals surface area contributed by atoms with Gasteiger partial charge in [-0.3, -0.25) is 4.79 Å². The van der Waals surface area contributed by atoms with E-state index < -0.39 is 17.6 Å². The third kappa shape index (κ3) is 4.55. The second-order valence-corrected chi connectivity index (χ2v) is 5.98. The Morgan fingerprint density at radius 2 is 1.88 bits per heavy atom. The lowest BCUT2D eigenvalue weighted by molar-refractivity contribution is -0.113. The molecule has 0 atom stereocenters. The van der Waals surface area contributed by atoms with Gasteiger partial charge in [0, 0.05) is 10.6 Å². The van der Waals surface area contributed by atoms with Crippen LogP contribution in [0.4, 0.5) is 14.5 Å². The summed E-state index contributed by atoms with van der Waals surface area (Å²) in [5, 5.41) is 2.71. The van der Waals surface area contributed by atoms with Crippen LogP contribution in [0.3, 0.4) is 0 Å². The molecule has 0 unspecified atom stereocenters. The Hall–Kier alpha value is -2.41. The number of thioether (sulfide) groups is 1. The molecule has 24 heavy (non-hydrogen) atoms. The molecule has 0 fully saturated rings. The van der Waals surface area contributed by atoms with Crippen LogP contribution in [0.15, 0.2) is 41.3 Å². The number of methoxy groups -OCH3 is 1. The third-order valence-electron chi connectivity index (χ3n) is 3.18. The third-order valence-corrected chi connectivity index (χ3v) is 4.18. The summed E-state index contributed by atoms with van der Waals surface area (Å²) in [4.78, 5) is 23.9. The minimum absolute atomic E-state index is 0.0449. The van der Waals surface area contributed by atoms with Gasteiger partial charge in [-0.25, -0.2) is 13.6 Å². The van der Waals surface area contributed by atoms with E-state index in [1.807, 2.05) is 0 Å². The molecule has 4 nitrogen and oxygen atoms in total. The van der Waals surface area contributed by atoms with Crippen LogP contribution in [0, 0.1) is 18.6 Å². The van der Waals surface area contributed by atoms with Crippen LogP contribution in [-0.4, -0.2) is 24.7 Å². The van der Waals surface area contributed by atoms with E-state index in [0.717, 1.165) is 23.9 Å². The zero-order valence-electron chi connectivity index (χ0n) is 13.1. The maximum absolute atomic E-state index is 13.1. The Bertz CT molecular complexity index is 780. The number of halogens is 2. The smallest absolute Gasteiger partial charge is 0.337 e. The van der Waals surface area contributed by atoms with Crippen LogP contribution in [0.25, 0.3) is 0 Å². The standard InChI is InChI=1S/C17H15F2NO3S/c1-10-7-11(17(22)23-2)3-6-15(10)20-16(21)9-24-12-4-5-13(18)14(19)8-12/h3-8H,9H2,1-2H3,(H,20,21). The van der Waals surface area contributed by atoms with Crippen molar-refractivity contribution in [3.05, 3.63) is 59.2 Å². The highest BCUT2D eigenvalue weighted by molar-refractivity contribution is 8.00. The second kappa shape index (κ2) is 7.92. The van der Waals surface area contributed by atoms with E-state index in [9.17, 15) is 18.4 Å². The number of ether oxygens (including phenoxy) is 1. The molecular weight excluding hydrogens is 336 g/mol. The summed E-state index contributed by atoms with van der Waals surface area (Å²) in [5.41, 5.74) is 1.67. The van der Waals surface area contributed by atoms with Gasteiger partial charge in [-0.1, -0.05) is 0 Å². The van der Waals surface area contributed by atoms with E-state index in [2.05, 4.69) is 10.1 Å². The number of anilines is 1. The molecule has 1 amide bonds. The number of hydrogen-bond donors (Lipinski definition) is 1. The lowest BCUT2D eigenvalue weighted by atomic mass is 10.1. The highest BCUT2D eigenvalue weighted by Gasteiger charge is 2.10. The topological polar surface area (TPSA) is 55.4 Å². The Labute approximate surface area is 142 Å². The Balaban J connectivity index is 1.97. The van der Waals surface area contributed by atoms with Crippen LogP contribution in [0.1, 0.15) is 15.9 Å². The molecule has 0 aliphatic carbocycles. The summed E-state index contributed by atoms with van der Waals surface area (Å²) in [6.45, 7) is 1.75. The predicted molar refractivity (Wildman–Crippen MR) is 88.2 cm³/mol. The molecular formula is C17H15F2NO3S. The molecule has 2 rings (SSSR count). The molecule has 7 heteroatoms. The SMILES string of the molecule is COC(=O)c1ccc(NC(=O)CSc2ccc(F)c(F)c2)c(C)c1. The van der Waals surface area contributed by atoms with Crippen LogP contribution < -0.4 is 5.32 Å². The van der Waals surface area contributed by atoms with Crippen LogP contribution >= 0.6 is 11.8 Å². The number of benzene rings is 2. The molecule has 0 aliphatic heterocycles. The monoisotopic (exact) mass is 351 g/mol. The molecule has 2 aromatic carbocycles. The minimum atomic E-state index is -0.949. The van der Waals surface area contributed by atoms with Crippen molar-refractivity contribution in [1.82, 2.24) is 0 Å². The molecule has 0 saturated carbocycles. The van der Waals surface area contributed by atoms with Crippen molar-refractivity contribution in [1.29, 1.82) is 0 Å². The summed E-state index contributed by atoms with van der Waals surface area (Å²) in [6.07, 6.45) is 0. The van der Waals surface area contributed by atoms with E-state index >= 15 is 0 Å². The number of rotatable bonds is 5. The van der Waals surface area contributed by atoms with Crippen LogP contribution in [0.2, 0.25) is 0 Å². The van der Waals surface area contributed by atoms with Gasteiger partial charge in [0.2, 0.25) is 5.91 Å². The normalized spacial score (nSPS) is 10.3. The van der Waals surface area contributed by atoms with Crippen LogP contribution in [0.5, 0.6) is 0 Å². The van der Waals surface area contributed by atoms with Crippen molar-refractivity contribution in [2.45, 2.75) is 11.8 Å². The Morgan fingerprint density at radius 3 is 2.50 bits per heavy atom. The van der Waals surface area contributed by atoms with Gasteiger partial charge in [0.1, 0.15) is 0 Å². The van der Waals surface area contributed by atoms with Gasteiger partial charge in [-0.2, -0.15) is 0 Å². The predicted octanol–water partition coefficient (Wildman–Crippen LogP) is 3.79. The van der Waals surface area contributed by atoms with Gasteiger partial charge >= 0.3 is 5.97 Å². The lowest BCUT2D eigenvalue weighted by Crippen LogP contribution is -2.15. The molecule has 0 aromatic heterocycles. The molecule has 0 heterocycles. The molecule has 126 valence electrons. The maximum Gasteiger partial charge on any atom is 0.337 e. The van der Waals surface area contributed by atoms with Gasteiger partial charge in [-0.05, 0) is 48.9 Å². The zero-order chi connectivity index (χ0) is 17.7. The average Bonchev–Trinajstić information content (AvgIpc) is 2.57. The van der Waals surface area contributed by atoms with E-state index in [0.29, 0.717) is 21.7 Å². The maximum atomic E-state index is 13.1. The van der Waals surface area contributed by atoms with Gasteiger partial charge in [0.15, 0.2) is 11.6 Å². The molecule has 0 bridgehead atoms. The van der Waals surface area contributed by atoms with Gasteiger partial charge in [-0.15, -0.1) is 11.8 Å². The first-order valence-electron chi connectivity index (χ1n) is 6.97. The minimum Gasteiger partial charge on any atom is -0.465 e. The fourth-order valence-corrected chi connectivity index (χ4v) is 2.67. The summed E-state index contributed by atoms with van der Waals surface area (Å²) < 4.78 is 30.6. The number of amides is 1. The quantitative estimate of drug-likeness (QED) is 0.658. The summed E-state index contributed by atoms with van der Waals surface area (Å²) in [6, 6.07) is 8.25. The van der Waals surface area contributed by atoms with E-state index in [4.69, 9.17) is 0 Å². The number of hydrogen-bond acceptors (Lipinski definition) is 4. The molecule has 0 aliphatic rings. The Kier molecular flexibility index (Phi) is 5.92. The van der Waals surface area contributed by atoms with Crippen molar-refractivity contribution >= 4 is 29.3 Å². The van der Waals surface area contributed by atoms with Crippen molar-refractivity contribution in [3.63, 3.8) is 0 Å². The van der Waals surface area contributed by atoms with Gasteiger partial charge in [0.05, 0.1) is 18.4 Å². The highest BCUT2D eigenvalue weighted by atomic mass is 32.2. The molecule has 0 saturated heterocycles. The van der Waals surface area contributed by atoms with Crippen LogP contribution in [-0.2, 0) is 9.53 Å². The molecule has 0 spiro atoms. The van der Waals surface area contributed by atoms with Crippen molar-refractivity contribution in [2.24, 2.45) is 0 Å². The second-order valence-electron chi connectivity index (χ2n) is 4.93. The van der Waals surface area contributed by atoms with Gasteiger partial charge in [0.25, 0.3) is 0 Å². The average molecular weight is 351 g/mol. The summed E-state index contributed by atoms with van der Waals surface area (Å²) in [5.74, 6) is -2.58. The summed E-state index contributed by atoms with van der Waals surface area (Å²) >= 11 is 1.10. The van der Waals surface area contributed by atoms with Crippen molar-refractivity contribution in [3.8, 4) is 0 Å². The highest BCUT2D eigenvalue weighted by Crippen LogP contribution is 2.22. The zero-order valence-corrected chi connectivity index (χ0v) is 13.9. The number of aryl methyl sites for hydroxylation is 1. The lowest BCUT2D eigenvalue weighted by Gasteiger charge is -2.10. The first-order valence-corrected chi connectivity index (χ1v) is 7.96.